The van der Waals surface area contributed by atoms with Crippen molar-refractivity contribution in [3.05, 3.63) is 51.9 Å². The van der Waals surface area contributed by atoms with E-state index in [1.807, 2.05) is 19.1 Å². The Kier molecular flexibility index (Phi) is 6.26. The molecule has 0 unspecified atom stereocenters. The van der Waals surface area contributed by atoms with Crippen LogP contribution in [0.2, 0.25) is 0 Å². The Morgan fingerprint density at radius 2 is 1.84 bits per heavy atom. The van der Waals surface area contributed by atoms with Crippen LogP contribution in [0.25, 0.3) is 5.69 Å². The third-order valence-corrected chi connectivity index (χ3v) is 3.57. The molecule has 1 amide bonds. The van der Waals surface area contributed by atoms with Gasteiger partial charge in [-0.1, -0.05) is 17.7 Å². The summed E-state index contributed by atoms with van der Waals surface area (Å²) in [6.45, 7) is 2.06. The number of hydrogen-bond donors (Lipinski definition) is 1. The van der Waals surface area contributed by atoms with Crippen molar-refractivity contribution >= 4 is 5.91 Å². The normalized spacial score (nSPS) is 10.8. The minimum absolute atomic E-state index is 0.00590. The first-order chi connectivity index (χ1) is 12.0. The molecule has 0 aliphatic rings. The number of aryl methyl sites for hydroxylation is 1. The SMILES string of the molecule is COc1cc(=O)n(-c2ccc(C)cc2)nc1C(=O)NCC(OC)OC. The number of benzene rings is 1. The van der Waals surface area contributed by atoms with Gasteiger partial charge in [0.1, 0.15) is 0 Å². The van der Waals surface area contributed by atoms with E-state index in [2.05, 4.69) is 10.4 Å². The summed E-state index contributed by atoms with van der Waals surface area (Å²) in [4.78, 5) is 24.7. The summed E-state index contributed by atoms with van der Waals surface area (Å²) in [6, 6.07) is 8.45. The molecule has 8 heteroatoms. The van der Waals surface area contributed by atoms with E-state index in [1.165, 1.54) is 27.4 Å². The van der Waals surface area contributed by atoms with Crippen LogP contribution in [0.1, 0.15) is 16.1 Å². The summed E-state index contributed by atoms with van der Waals surface area (Å²) in [5.74, 6) is -0.408. The fraction of sp³-hybridized carbons (Fsp3) is 0.353. The molecule has 1 aromatic carbocycles. The predicted octanol–water partition coefficient (Wildman–Crippen LogP) is 0.898. The van der Waals surface area contributed by atoms with Crippen molar-refractivity contribution in [2.75, 3.05) is 27.9 Å². The van der Waals surface area contributed by atoms with Gasteiger partial charge in [-0.3, -0.25) is 9.59 Å². The van der Waals surface area contributed by atoms with Crippen LogP contribution in [0.5, 0.6) is 5.75 Å². The van der Waals surface area contributed by atoms with E-state index in [4.69, 9.17) is 14.2 Å². The van der Waals surface area contributed by atoms with Gasteiger partial charge in [-0.05, 0) is 19.1 Å². The molecule has 0 saturated carbocycles. The van der Waals surface area contributed by atoms with E-state index in [0.29, 0.717) is 5.69 Å². The highest BCUT2D eigenvalue weighted by Crippen LogP contribution is 2.14. The van der Waals surface area contributed by atoms with Gasteiger partial charge in [-0.2, -0.15) is 9.78 Å². The number of nitrogens with zero attached hydrogens (tertiary/aromatic N) is 2. The van der Waals surface area contributed by atoms with E-state index in [9.17, 15) is 9.59 Å². The molecule has 2 rings (SSSR count). The molecule has 0 saturated heterocycles. The number of aromatic nitrogens is 2. The van der Waals surface area contributed by atoms with Gasteiger partial charge >= 0.3 is 0 Å². The van der Waals surface area contributed by atoms with Crippen molar-refractivity contribution in [2.24, 2.45) is 0 Å². The second kappa shape index (κ2) is 8.41. The Balaban J connectivity index is 2.36. The van der Waals surface area contributed by atoms with Crippen LogP contribution >= 0.6 is 0 Å². The number of hydrogen-bond acceptors (Lipinski definition) is 6. The zero-order valence-electron chi connectivity index (χ0n) is 14.6. The van der Waals surface area contributed by atoms with E-state index in [1.54, 1.807) is 12.1 Å². The van der Waals surface area contributed by atoms with E-state index < -0.39 is 17.8 Å². The molecule has 1 aromatic heterocycles. The first-order valence-corrected chi connectivity index (χ1v) is 7.59. The first kappa shape index (κ1) is 18.6. The Labute approximate surface area is 145 Å². The third kappa shape index (κ3) is 4.43. The molecule has 0 spiro atoms. The molecule has 0 atom stereocenters. The fourth-order valence-corrected chi connectivity index (χ4v) is 2.15. The molecular formula is C17H21N3O5. The van der Waals surface area contributed by atoms with Crippen LogP contribution in [0.3, 0.4) is 0 Å². The highest BCUT2D eigenvalue weighted by Gasteiger charge is 2.19. The lowest BCUT2D eigenvalue weighted by molar-refractivity contribution is -0.0974. The summed E-state index contributed by atoms with van der Waals surface area (Å²) in [5, 5.41) is 6.79. The molecule has 0 radical (unpaired) electrons. The van der Waals surface area contributed by atoms with E-state index in [-0.39, 0.29) is 18.0 Å². The summed E-state index contributed by atoms with van der Waals surface area (Å²) < 4.78 is 16.3. The zero-order valence-corrected chi connectivity index (χ0v) is 14.6. The quantitative estimate of drug-likeness (QED) is 0.748. The number of carbonyl (C=O) groups is 1. The maximum Gasteiger partial charge on any atom is 0.275 e. The average Bonchev–Trinajstić information content (AvgIpc) is 2.63. The van der Waals surface area contributed by atoms with Crippen LogP contribution in [-0.2, 0) is 9.47 Å². The molecule has 0 fully saturated rings. The predicted molar refractivity (Wildman–Crippen MR) is 91.3 cm³/mol. The van der Waals surface area contributed by atoms with Crippen molar-refractivity contribution in [1.29, 1.82) is 0 Å². The van der Waals surface area contributed by atoms with Crippen LogP contribution in [0, 0.1) is 6.92 Å². The van der Waals surface area contributed by atoms with Crippen LogP contribution in [0.15, 0.2) is 35.1 Å². The topological polar surface area (TPSA) is 91.7 Å². The number of carbonyl (C=O) groups excluding carboxylic acids is 1. The highest BCUT2D eigenvalue weighted by atomic mass is 16.7. The van der Waals surface area contributed by atoms with Gasteiger partial charge in [0.15, 0.2) is 17.7 Å². The van der Waals surface area contributed by atoms with Gasteiger partial charge in [0.25, 0.3) is 11.5 Å². The minimum atomic E-state index is -0.585. The van der Waals surface area contributed by atoms with Crippen molar-refractivity contribution in [3.8, 4) is 11.4 Å². The largest absolute Gasteiger partial charge is 0.494 e. The average molecular weight is 347 g/mol. The standard InChI is InChI=1S/C17H21N3O5/c1-11-5-7-12(8-6-11)20-14(21)9-13(23-2)16(19-20)17(22)18-10-15(24-3)25-4/h5-9,15H,10H2,1-4H3,(H,18,22). The molecule has 134 valence electrons. The van der Waals surface area contributed by atoms with Gasteiger partial charge in [0, 0.05) is 14.2 Å². The van der Waals surface area contributed by atoms with E-state index >= 15 is 0 Å². The van der Waals surface area contributed by atoms with Gasteiger partial charge in [-0.25, -0.2) is 0 Å². The Morgan fingerprint density at radius 3 is 2.40 bits per heavy atom. The second-order valence-electron chi connectivity index (χ2n) is 5.26. The highest BCUT2D eigenvalue weighted by molar-refractivity contribution is 5.94. The molecule has 2 aromatic rings. The molecule has 0 aliphatic carbocycles. The molecule has 0 aliphatic heterocycles. The lowest BCUT2D eigenvalue weighted by Crippen LogP contribution is -2.36. The fourth-order valence-electron chi connectivity index (χ4n) is 2.15. The van der Waals surface area contributed by atoms with Crippen LogP contribution in [0.4, 0.5) is 0 Å². The monoisotopic (exact) mass is 347 g/mol. The lowest BCUT2D eigenvalue weighted by atomic mass is 10.2. The maximum absolute atomic E-state index is 12.4. The number of rotatable bonds is 7. The number of nitrogens with one attached hydrogen (secondary N) is 1. The van der Waals surface area contributed by atoms with Gasteiger partial charge in [0.05, 0.1) is 25.4 Å². The smallest absolute Gasteiger partial charge is 0.275 e. The molecule has 0 bridgehead atoms. The summed E-state index contributed by atoms with van der Waals surface area (Å²) in [6.07, 6.45) is -0.585. The number of ether oxygens (including phenoxy) is 3. The van der Waals surface area contributed by atoms with Gasteiger partial charge < -0.3 is 19.5 Å². The Bertz CT molecular complexity index is 782. The Hall–Kier alpha value is -2.71. The summed E-state index contributed by atoms with van der Waals surface area (Å²) in [7, 11) is 4.31. The third-order valence-electron chi connectivity index (χ3n) is 3.57. The van der Waals surface area contributed by atoms with E-state index in [0.717, 1.165) is 10.2 Å². The van der Waals surface area contributed by atoms with Crippen LogP contribution < -0.4 is 15.6 Å². The Morgan fingerprint density at radius 1 is 1.20 bits per heavy atom. The van der Waals surface area contributed by atoms with Crippen molar-refractivity contribution < 1.29 is 19.0 Å². The van der Waals surface area contributed by atoms with Crippen molar-refractivity contribution in [2.45, 2.75) is 13.2 Å². The first-order valence-electron chi connectivity index (χ1n) is 7.59. The summed E-state index contributed by atoms with van der Waals surface area (Å²) >= 11 is 0. The second-order valence-corrected chi connectivity index (χ2v) is 5.26. The van der Waals surface area contributed by atoms with Gasteiger partial charge in [-0.15, -0.1) is 0 Å². The molecule has 8 nitrogen and oxygen atoms in total. The maximum atomic E-state index is 12.4. The van der Waals surface area contributed by atoms with Crippen molar-refractivity contribution in [1.82, 2.24) is 15.1 Å². The molecule has 1 N–H and O–H groups in total. The lowest BCUT2D eigenvalue weighted by Gasteiger charge is -2.15. The minimum Gasteiger partial charge on any atom is -0.494 e. The molecule has 1 heterocycles. The summed E-state index contributed by atoms with van der Waals surface area (Å²) in [5.41, 5.74) is 1.20. The van der Waals surface area contributed by atoms with Gasteiger partial charge in [0.2, 0.25) is 0 Å². The molecule has 25 heavy (non-hydrogen) atoms. The van der Waals surface area contributed by atoms with Crippen LogP contribution in [-0.4, -0.2) is 49.9 Å². The van der Waals surface area contributed by atoms with Crippen molar-refractivity contribution in [3.63, 3.8) is 0 Å². The number of methoxy groups -OCH3 is 3. The number of amides is 1. The zero-order chi connectivity index (χ0) is 18.4. The molecular weight excluding hydrogens is 326 g/mol.